The van der Waals surface area contributed by atoms with E-state index in [4.69, 9.17) is 4.74 Å². The first kappa shape index (κ1) is 11.0. The minimum atomic E-state index is -0.0550. The zero-order chi connectivity index (χ0) is 11.7. The molecule has 0 saturated heterocycles. The van der Waals surface area contributed by atoms with Crippen molar-refractivity contribution in [2.75, 3.05) is 6.54 Å². The number of amides is 1. The molecule has 16 heavy (non-hydrogen) atoms. The average molecular weight is 219 g/mol. The van der Waals surface area contributed by atoms with E-state index in [2.05, 4.69) is 12.2 Å². The summed E-state index contributed by atoms with van der Waals surface area (Å²) in [7, 11) is 0. The van der Waals surface area contributed by atoms with Crippen molar-refractivity contribution in [1.82, 2.24) is 5.32 Å². The summed E-state index contributed by atoms with van der Waals surface area (Å²) in [4.78, 5) is 11.8. The van der Waals surface area contributed by atoms with Crippen molar-refractivity contribution in [3.63, 3.8) is 0 Å². The molecule has 2 rings (SSSR count). The molecular weight excluding hydrogens is 202 g/mol. The van der Waals surface area contributed by atoms with Crippen LogP contribution in [-0.4, -0.2) is 18.6 Å². The summed E-state index contributed by atoms with van der Waals surface area (Å²) < 4.78 is 5.76. The lowest BCUT2D eigenvalue weighted by Crippen LogP contribution is -2.23. The molecule has 0 saturated carbocycles. The van der Waals surface area contributed by atoms with Gasteiger partial charge in [-0.2, -0.15) is 0 Å². The first-order valence-corrected chi connectivity index (χ1v) is 5.73. The van der Waals surface area contributed by atoms with Crippen LogP contribution in [0.5, 0.6) is 5.75 Å². The highest BCUT2D eigenvalue weighted by atomic mass is 16.5. The third-order valence-electron chi connectivity index (χ3n) is 3.13. The number of ether oxygens (including phenoxy) is 1. The van der Waals surface area contributed by atoms with Gasteiger partial charge in [-0.3, -0.25) is 4.79 Å². The van der Waals surface area contributed by atoms with E-state index in [1.807, 2.05) is 32.0 Å². The van der Waals surface area contributed by atoms with Gasteiger partial charge in [-0.1, -0.05) is 19.1 Å². The van der Waals surface area contributed by atoms with Crippen LogP contribution >= 0.6 is 0 Å². The second-order valence-electron chi connectivity index (χ2n) is 4.20. The molecule has 1 heterocycles. The van der Waals surface area contributed by atoms with Crippen LogP contribution in [0.2, 0.25) is 0 Å². The lowest BCUT2D eigenvalue weighted by molar-refractivity contribution is 0.0951. The molecule has 0 aliphatic carbocycles. The Hall–Kier alpha value is -1.51. The number of para-hydroxylation sites is 1. The van der Waals surface area contributed by atoms with Gasteiger partial charge in [0.1, 0.15) is 11.9 Å². The molecule has 1 aliphatic heterocycles. The van der Waals surface area contributed by atoms with Crippen molar-refractivity contribution in [1.29, 1.82) is 0 Å². The molecule has 1 aliphatic rings. The predicted octanol–water partition coefficient (Wildman–Crippen LogP) is 2.32. The van der Waals surface area contributed by atoms with E-state index in [0.717, 1.165) is 11.3 Å². The van der Waals surface area contributed by atoms with E-state index >= 15 is 0 Å². The van der Waals surface area contributed by atoms with Crippen LogP contribution in [0, 0.1) is 0 Å². The van der Waals surface area contributed by atoms with Gasteiger partial charge in [0.15, 0.2) is 0 Å². The molecule has 3 heteroatoms. The molecule has 3 nitrogen and oxygen atoms in total. The normalized spacial score (nSPS) is 22.4. The number of fused-ring (bicyclic) bond motifs is 1. The van der Waals surface area contributed by atoms with Crippen molar-refractivity contribution >= 4 is 5.91 Å². The van der Waals surface area contributed by atoms with Crippen molar-refractivity contribution < 1.29 is 9.53 Å². The molecule has 2 unspecified atom stereocenters. The zero-order valence-corrected chi connectivity index (χ0v) is 9.91. The number of carbonyl (C=O) groups excluding carboxylic acids is 1. The predicted molar refractivity (Wildman–Crippen MR) is 63.0 cm³/mol. The van der Waals surface area contributed by atoms with Crippen LogP contribution in [-0.2, 0) is 0 Å². The zero-order valence-electron chi connectivity index (χ0n) is 9.91. The van der Waals surface area contributed by atoms with Crippen LogP contribution in [0.25, 0.3) is 0 Å². The summed E-state index contributed by atoms with van der Waals surface area (Å²) >= 11 is 0. The molecule has 1 amide bonds. The maximum Gasteiger partial charge on any atom is 0.255 e. The number of nitrogens with one attached hydrogen (secondary N) is 1. The Kier molecular flexibility index (Phi) is 2.86. The first-order valence-electron chi connectivity index (χ1n) is 5.73. The molecule has 0 radical (unpaired) electrons. The van der Waals surface area contributed by atoms with E-state index in [-0.39, 0.29) is 12.0 Å². The number of benzene rings is 1. The van der Waals surface area contributed by atoms with E-state index in [1.54, 1.807) is 0 Å². The minimum Gasteiger partial charge on any atom is -0.489 e. The highest BCUT2D eigenvalue weighted by Crippen LogP contribution is 2.40. The molecule has 0 bridgehead atoms. The van der Waals surface area contributed by atoms with E-state index < -0.39 is 0 Å². The second-order valence-corrected chi connectivity index (χ2v) is 4.20. The Labute approximate surface area is 95.8 Å². The largest absolute Gasteiger partial charge is 0.489 e. The Morgan fingerprint density at radius 1 is 1.44 bits per heavy atom. The molecule has 1 aromatic rings. The van der Waals surface area contributed by atoms with E-state index in [9.17, 15) is 4.79 Å². The van der Waals surface area contributed by atoms with Gasteiger partial charge in [0, 0.05) is 18.0 Å². The Morgan fingerprint density at radius 2 is 2.19 bits per heavy atom. The summed E-state index contributed by atoms with van der Waals surface area (Å²) in [6.07, 6.45) is 0.144. The average Bonchev–Trinajstić information content (AvgIpc) is 2.55. The monoisotopic (exact) mass is 219 g/mol. The smallest absolute Gasteiger partial charge is 0.255 e. The highest BCUT2D eigenvalue weighted by molar-refractivity contribution is 5.97. The third kappa shape index (κ3) is 1.66. The summed E-state index contributed by atoms with van der Waals surface area (Å²) in [5.41, 5.74) is 1.78. The fourth-order valence-corrected chi connectivity index (χ4v) is 2.02. The first-order chi connectivity index (χ1) is 7.65. The summed E-state index contributed by atoms with van der Waals surface area (Å²) in [5.74, 6) is 1.05. The third-order valence-corrected chi connectivity index (χ3v) is 3.13. The van der Waals surface area contributed by atoms with Crippen molar-refractivity contribution in [3.8, 4) is 5.75 Å². The summed E-state index contributed by atoms with van der Waals surface area (Å²) in [6.45, 7) is 6.70. The molecule has 86 valence electrons. The van der Waals surface area contributed by atoms with Crippen LogP contribution in [0.1, 0.15) is 42.6 Å². The van der Waals surface area contributed by atoms with Gasteiger partial charge in [0.2, 0.25) is 0 Å². The van der Waals surface area contributed by atoms with Gasteiger partial charge in [-0.25, -0.2) is 0 Å². The van der Waals surface area contributed by atoms with E-state index in [0.29, 0.717) is 18.0 Å². The maximum atomic E-state index is 11.8. The van der Waals surface area contributed by atoms with Gasteiger partial charge in [-0.15, -0.1) is 0 Å². The number of hydrogen-bond acceptors (Lipinski definition) is 2. The summed E-state index contributed by atoms with van der Waals surface area (Å²) in [6, 6.07) is 5.77. The molecule has 1 aromatic carbocycles. The highest BCUT2D eigenvalue weighted by Gasteiger charge is 2.30. The lowest BCUT2D eigenvalue weighted by atomic mass is 9.97. The topological polar surface area (TPSA) is 38.3 Å². The molecule has 2 atom stereocenters. The van der Waals surface area contributed by atoms with E-state index in [1.165, 1.54) is 0 Å². The molecule has 1 N–H and O–H groups in total. The SMILES string of the molecule is CCNC(=O)c1cccc2c1OC(C)C2C. The maximum absolute atomic E-state index is 11.8. The molecule has 0 aromatic heterocycles. The van der Waals surface area contributed by atoms with Crippen molar-refractivity contribution in [3.05, 3.63) is 29.3 Å². The lowest BCUT2D eigenvalue weighted by Gasteiger charge is -2.09. The standard InChI is InChI=1S/C13H17NO2/c1-4-14-13(15)11-7-5-6-10-8(2)9(3)16-12(10)11/h5-9H,4H2,1-3H3,(H,14,15). The van der Waals surface area contributed by atoms with Crippen LogP contribution in [0.3, 0.4) is 0 Å². The Bertz CT molecular complexity index is 414. The van der Waals surface area contributed by atoms with Crippen molar-refractivity contribution in [2.45, 2.75) is 32.8 Å². The fraction of sp³-hybridized carbons (Fsp3) is 0.462. The quantitative estimate of drug-likeness (QED) is 0.829. The fourth-order valence-electron chi connectivity index (χ4n) is 2.02. The summed E-state index contributed by atoms with van der Waals surface area (Å²) in [5, 5.41) is 2.80. The van der Waals surface area contributed by atoms with Crippen LogP contribution in [0.4, 0.5) is 0 Å². The van der Waals surface area contributed by atoms with Gasteiger partial charge >= 0.3 is 0 Å². The molecular formula is C13H17NO2. The van der Waals surface area contributed by atoms with Crippen LogP contribution in [0.15, 0.2) is 18.2 Å². The minimum absolute atomic E-state index is 0.0550. The Balaban J connectivity index is 2.40. The number of rotatable bonds is 2. The van der Waals surface area contributed by atoms with Gasteiger partial charge in [0.05, 0.1) is 5.56 Å². The van der Waals surface area contributed by atoms with Gasteiger partial charge < -0.3 is 10.1 Å². The molecule has 0 spiro atoms. The van der Waals surface area contributed by atoms with Crippen LogP contribution < -0.4 is 10.1 Å². The Morgan fingerprint density at radius 3 is 2.88 bits per heavy atom. The van der Waals surface area contributed by atoms with Crippen molar-refractivity contribution in [2.24, 2.45) is 0 Å². The van der Waals surface area contributed by atoms with Gasteiger partial charge in [-0.05, 0) is 19.9 Å². The second kappa shape index (κ2) is 4.16. The van der Waals surface area contributed by atoms with Gasteiger partial charge in [0.25, 0.3) is 5.91 Å². The number of carbonyl (C=O) groups is 1. The number of hydrogen-bond donors (Lipinski definition) is 1. The molecule has 0 fully saturated rings.